The lowest BCUT2D eigenvalue weighted by atomic mass is 9.92. The molecule has 0 N–H and O–H groups in total. The first-order chi connectivity index (χ1) is 8.86. The van der Waals surface area contributed by atoms with Gasteiger partial charge in [-0.15, -0.1) is 0 Å². The summed E-state index contributed by atoms with van der Waals surface area (Å²) in [7, 11) is 2.22. The zero-order valence-corrected chi connectivity index (χ0v) is 11.5. The van der Waals surface area contributed by atoms with E-state index in [0.29, 0.717) is 12.1 Å². The molecule has 0 aliphatic carbocycles. The van der Waals surface area contributed by atoms with Crippen molar-refractivity contribution in [3.63, 3.8) is 0 Å². The van der Waals surface area contributed by atoms with Crippen molar-refractivity contribution in [2.45, 2.75) is 12.1 Å². The van der Waals surface area contributed by atoms with Crippen LogP contribution in [0.3, 0.4) is 0 Å². The van der Waals surface area contributed by atoms with Crippen LogP contribution >= 0.6 is 0 Å². The van der Waals surface area contributed by atoms with E-state index in [1.807, 2.05) is 0 Å². The summed E-state index contributed by atoms with van der Waals surface area (Å²) in [4.78, 5) is 2.47. The van der Waals surface area contributed by atoms with Crippen LogP contribution in [-0.2, 0) is 0 Å². The van der Waals surface area contributed by atoms with Crippen LogP contribution in [0.25, 0.3) is 6.08 Å². The molecular formula is C17H16ClN. The SMILES string of the molecule is CN1C2C=Cc3ccccc3C1c1ccccc12.[Cl-].[H+]. The molecule has 2 heterocycles. The van der Waals surface area contributed by atoms with Crippen LogP contribution in [0.2, 0.25) is 0 Å². The standard InChI is InChI=1S/C17H15N.ClH/c1-18-16-11-10-12-6-2-3-7-13(12)17(18)15-9-5-4-8-14(15)16;/h2-11,16-17H,1H3;1H. The second-order valence-corrected chi connectivity index (χ2v) is 5.13. The van der Waals surface area contributed by atoms with Crippen LogP contribution in [0.5, 0.6) is 0 Å². The highest BCUT2D eigenvalue weighted by Gasteiger charge is 2.37. The number of fused-ring (bicyclic) bond motifs is 7. The van der Waals surface area contributed by atoms with Gasteiger partial charge in [0, 0.05) is 0 Å². The van der Waals surface area contributed by atoms with Crippen molar-refractivity contribution >= 4 is 6.08 Å². The van der Waals surface area contributed by atoms with E-state index in [2.05, 4.69) is 72.6 Å². The molecule has 19 heavy (non-hydrogen) atoms. The Kier molecular flexibility index (Phi) is 2.96. The van der Waals surface area contributed by atoms with E-state index in [4.69, 9.17) is 0 Å². The Hall–Kier alpha value is -1.57. The van der Waals surface area contributed by atoms with Crippen molar-refractivity contribution in [1.82, 2.24) is 4.90 Å². The lowest BCUT2D eigenvalue weighted by Gasteiger charge is -2.23. The van der Waals surface area contributed by atoms with Crippen molar-refractivity contribution in [3.8, 4) is 0 Å². The Morgan fingerprint density at radius 2 is 1.53 bits per heavy atom. The number of rotatable bonds is 0. The lowest BCUT2D eigenvalue weighted by Crippen LogP contribution is -3.00. The van der Waals surface area contributed by atoms with Gasteiger partial charge in [0.1, 0.15) is 0 Å². The summed E-state index contributed by atoms with van der Waals surface area (Å²) >= 11 is 0. The van der Waals surface area contributed by atoms with Gasteiger partial charge in [-0.25, -0.2) is 0 Å². The molecule has 2 aliphatic rings. The Morgan fingerprint density at radius 3 is 2.32 bits per heavy atom. The summed E-state index contributed by atoms with van der Waals surface area (Å²) in [5, 5.41) is 0. The third kappa shape index (κ3) is 1.66. The molecule has 0 saturated carbocycles. The Labute approximate surface area is 121 Å². The number of hydrogen-bond donors (Lipinski definition) is 0. The largest absolute Gasteiger partial charge is 1.00 e. The van der Waals surface area contributed by atoms with E-state index in [0.717, 1.165) is 0 Å². The molecule has 0 fully saturated rings. The molecule has 96 valence electrons. The van der Waals surface area contributed by atoms with E-state index in [1.165, 1.54) is 22.3 Å². The maximum atomic E-state index is 2.47. The predicted molar refractivity (Wildman–Crippen MR) is 75.4 cm³/mol. The molecular weight excluding hydrogens is 254 g/mol. The Bertz CT molecular complexity index is 653. The Balaban J connectivity index is 0.000000735. The van der Waals surface area contributed by atoms with E-state index in [9.17, 15) is 0 Å². The van der Waals surface area contributed by atoms with E-state index in [1.54, 1.807) is 0 Å². The minimum absolute atomic E-state index is 0. The molecule has 2 atom stereocenters. The zero-order valence-electron chi connectivity index (χ0n) is 11.8. The van der Waals surface area contributed by atoms with Gasteiger partial charge >= 0.3 is 1.43 Å². The van der Waals surface area contributed by atoms with Gasteiger partial charge in [-0.05, 0) is 29.3 Å². The van der Waals surface area contributed by atoms with Crippen molar-refractivity contribution in [2.75, 3.05) is 7.05 Å². The molecule has 2 aromatic carbocycles. The molecule has 0 saturated heterocycles. The Morgan fingerprint density at radius 1 is 0.895 bits per heavy atom. The maximum absolute atomic E-state index is 2.47. The molecule has 2 aromatic rings. The highest BCUT2D eigenvalue weighted by molar-refractivity contribution is 5.62. The third-order valence-corrected chi connectivity index (χ3v) is 4.20. The van der Waals surface area contributed by atoms with Gasteiger partial charge in [0.05, 0.1) is 12.1 Å². The predicted octanol–water partition coefficient (Wildman–Crippen LogP) is 0.906. The van der Waals surface area contributed by atoms with Crippen LogP contribution in [0.4, 0.5) is 0 Å². The first-order valence-corrected chi connectivity index (χ1v) is 6.44. The summed E-state index contributed by atoms with van der Waals surface area (Å²) in [6.07, 6.45) is 4.59. The molecule has 4 rings (SSSR count). The molecule has 0 spiro atoms. The zero-order chi connectivity index (χ0) is 12.1. The number of likely N-dealkylation sites (N-methyl/N-ethyl adjacent to an activating group) is 1. The molecule has 0 amide bonds. The van der Waals surface area contributed by atoms with Gasteiger partial charge in [0.2, 0.25) is 0 Å². The third-order valence-electron chi connectivity index (χ3n) is 4.20. The van der Waals surface area contributed by atoms with Crippen LogP contribution in [0, 0.1) is 0 Å². The fourth-order valence-corrected chi connectivity index (χ4v) is 3.36. The number of nitrogens with zero attached hydrogens (tertiary/aromatic N) is 1. The highest BCUT2D eigenvalue weighted by atomic mass is 35.5. The molecule has 2 aliphatic heterocycles. The first-order valence-electron chi connectivity index (χ1n) is 6.44. The number of halogens is 1. The van der Waals surface area contributed by atoms with Gasteiger partial charge in [-0.1, -0.05) is 60.7 Å². The van der Waals surface area contributed by atoms with Crippen LogP contribution in [0.15, 0.2) is 54.6 Å². The van der Waals surface area contributed by atoms with Crippen molar-refractivity contribution in [2.24, 2.45) is 0 Å². The van der Waals surface area contributed by atoms with Crippen LogP contribution in [0.1, 0.15) is 35.8 Å². The minimum Gasteiger partial charge on any atom is -1.00 e. The lowest BCUT2D eigenvalue weighted by molar-refractivity contribution is -0.00000346. The average Bonchev–Trinajstić information content (AvgIpc) is 2.58. The van der Waals surface area contributed by atoms with Crippen LogP contribution in [-0.4, -0.2) is 11.9 Å². The van der Waals surface area contributed by atoms with Crippen LogP contribution < -0.4 is 12.4 Å². The van der Waals surface area contributed by atoms with Gasteiger partial charge in [-0.3, -0.25) is 4.90 Å². The minimum atomic E-state index is 0. The molecule has 0 aromatic heterocycles. The summed E-state index contributed by atoms with van der Waals surface area (Å²) in [5.74, 6) is 0. The van der Waals surface area contributed by atoms with Gasteiger partial charge < -0.3 is 12.4 Å². The van der Waals surface area contributed by atoms with Crippen molar-refractivity contribution < 1.29 is 13.8 Å². The van der Waals surface area contributed by atoms with E-state index < -0.39 is 0 Å². The summed E-state index contributed by atoms with van der Waals surface area (Å²) in [6, 6.07) is 18.4. The molecule has 2 bridgehead atoms. The number of hydrogen-bond acceptors (Lipinski definition) is 1. The van der Waals surface area contributed by atoms with E-state index >= 15 is 0 Å². The van der Waals surface area contributed by atoms with E-state index in [-0.39, 0.29) is 13.8 Å². The van der Waals surface area contributed by atoms with Gasteiger partial charge in [0.25, 0.3) is 0 Å². The highest BCUT2D eigenvalue weighted by Crippen LogP contribution is 2.47. The smallest absolute Gasteiger partial charge is 1.00 e. The fraction of sp³-hybridized carbons (Fsp3) is 0.176. The maximum Gasteiger partial charge on any atom is 1.00 e. The van der Waals surface area contributed by atoms with Crippen molar-refractivity contribution in [3.05, 3.63) is 76.9 Å². The molecule has 2 heteroatoms. The van der Waals surface area contributed by atoms with Crippen molar-refractivity contribution in [1.29, 1.82) is 0 Å². The molecule has 1 nitrogen and oxygen atoms in total. The first kappa shape index (κ1) is 12.5. The summed E-state index contributed by atoms with van der Waals surface area (Å²) in [5.41, 5.74) is 5.69. The molecule has 0 radical (unpaired) electrons. The number of benzene rings is 2. The average molecular weight is 270 g/mol. The second-order valence-electron chi connectivity index (χ2n) is 5.13. The van der Waals surface area contributed by atoms with Gasteiger partial charge in [-0.2, -0.15) is 0 Å². The summed E-state index contributed by atoms with van der Waals surface area (Å²) in [6.45, 7) is 0. The molecule has 2 unspecified atom stereocenters. The van der Waals surface area contributed by atoms with Gasteiger partial charge in [0.15, 0.2) is 0 Å². The topological polar surface area (TPSA) is 3.24 Å². The monoisotopic (exact) mass is 269 g/mol. The fourth-order valence-electron chi connectivity index (χ4n) is 3.36. The summed E-state index contributed by atoms with van der Waals surface area (Å²) < 4.78 is 0. The second kappa shape index (κ2) is 4.52. The normalized spacial score (nSPS) is 23.2. The quantitative estimate of drug-likeness (QED) is 0.687.